The van der Waals surface area contributed by atoms with Gasteiger partial charge < -0.3 is 18.9 Å². The molecule has 0 radical (unpaired) electrons. The maximum Gasteiger partial charge on any atom is 0.0781 e. The molecule has 0 N–H and O–H groups in total. The minimum atomic E-state index is 0. The molecule has 3 aliphatic carbocycles. The highest BCUT2D eigenvalue weighted by molar-refractivity contribution is 4.95. The summed E-state index contributed by atoms with van der Waals surface area (Å²) in [5.41, 5.74) is 0. The van der Waals surface area contributed by atoms with Crippen molar-refractivity contribution in [3.05, 3.63) is 0 Å². The molecule has 0 aromatic rings. The summed E-state index contributed by atoms with van der Waals surface area (Å²) < 4.78 is 20.0. The van der Waals surface area contributed by atoms with Crippen molar-refractivity contribution in [2.75, 3.05) is 34.0 Å². The smallest absolute Gasteiger partial charge is 0.0781 e. The second-order valence-corrected chi connectivity index (χ2v) is 8.68. The van der Waals surface area contributed by atoms with Gasteiger partial charge in [-0.05, 0) is 62.7 Å². The largest absolute Gasteiger partial charge is 0.381 e. The third-order valence-electron chi connectivity index (χ3n) is 6.55. The highest BCUT2D eigenvalue weighted by Gasteiger charge is 2.45. The van der Waals surface area contributed by atoms with Crippen molar-refractivity contribution in [1.29, 1.82) is 0 Å². The lowest BCUT2D eigenvalue weighted by Gasteiger charge is -2.26. The summed E-state index contributed by atoms with van der Waals surface area (Å²) in [4.78, 5) is 0. The van der Waals surface area contributed by atoms with E-state index < -0.39 is 0 Å². The molecule has 156 valence electrons. The minimum Gasteiger partial charge on any atom is -0.381 e. The molecule has 5 fully saturated rings. The average Bonchev–Trinajstić information content (AvgIpc) is 3.59. The lowest BCUT2D eigenvalue weighted by molar-refractivity contribution is 0.0209. The molecule has 2 saturated heterocycles. The summed E-state index contributed by atoms with van der Waals surface area (Å²) >= 11 is 0. The molecule has 0 aromatic heterocycles. The van der Waals surface area contributed by atoms with Crippen LogP contribution in [-0.4, -0.2) is 52.4 Å². The summed E-state index contributed by atoms with van der Waals surface area (Å²) in [5.74, 6) is 3.53. The van der Waals surface area contributed by atoms with Gasteiger partial charge in [0.05, 0.1) is 38.1 Å². The van der Waals surface area contributed by atoms with Crippen molar-refractivity contribution in [3.8, 4) is 0 Å². The third kappa shape index (κ3) is 7.84. The highest BCUT2D eigenvalue weighted by Crippen LogP contribution is 2.49. The Morgan fingerprint density at radius 3 is 1.73 bits per heavy atom. The van der Waals surface area contributed by atoms with Crippen molar-refractivity contribution in [2.24, 2.45) is 23.7 Å². The molecule has 4 heteroatoms. The number of fused-ring (bicyclic) bond motifs is 2. The van der Waals surface area contributed by atoms with E-state index in [2.05, 4.69) is 25.5 Å². The molecule has 2 heterocycles. The molecule has 5 rings (SSSR count). The standard InChI is InChI=1S/C9H16O.C8H16O.C3H6O.C2H4O.H2/c1-6-7-3-4-8(5-7)9(6)10-2;1-7-5-3-4-6-8(7)9-2;1-3-2-4-3;1-2-3-1;/h6-9H,3-5H2,1-2H3;7-8H,3-6H2,1-2H3;3H,2H2,1H3;1-2H2;1H. The first-order valence-electron chi connectivity index (χ1n) is 10.8. The Hall–Kier alpha value is -0.160. The van der Waals surface area contributed by atoms with Gasteiger partial charge in [0.25, 0.3) is 0 Å². The van der Waals surface area contributed by atoms with Crippen LogP contribution in [0.1, 0.15) is 67.1 Å². The summed E-state index contributed by atoms with van der Waals surface area (Å²) in [6, 6.07) is 0. The fraction of sp³-hybridized carbons (Fsp3) is 1.00. The monoisotopic (exact) mass is 372 g/mol. The number of epoxide rings is 2. The van der Waals surface area contributed by atoms with Crippen LogP contribution >= 0.6 is 0 Å². The molecule has 0 spiro atoms. The normalized spacial score (nSPS) is 41.7. The molecule has 26 heavy (non-hydrogen) atoms. The summed E-state index contributed by atoms with van der Waals surface area (Å²) in [7, 11) is 3.69. The van der Waals surface area contributed by atoms with E-state index in [9.17, 15) is 0 Å². The zero-order valence-corrected chi connectivity index (χ0v) is 17.7. The number of ether oxygens (including phenoxy) is 4. The quantitative estimate of drug-likeness (QED) is 0.644. The number of rotatable bonds is 2. The maximum absolute atomic E-state index is 5.46. The minimum absolute atomic E-state index is 0. The van der Waals surface area contributed by atoms with Crippen molar-refractivity contribution < 1.29 is 20.4 Å². The van der Waals surface area contributed by atoms with Gasteiger partial charge in [0.1, 0.15) is 0 Å². The van der Waals surface area contributed by atoms with Crippen LogP contribution in [0.5, 0.6) is 0 Å². The van der Waals surface area contributed by atoms with Crippen LogP contribution in [-0.2, 0) is 18.9 Å². The fourth-order valence-corrected chi connectivity index (χ4v) is 4.66. The first kappa shape index (κ1) is 22.1. The zero-order valence-electron chi connectivity index (χ0n) is 17.7. The first-order chi connectivity index (χ1) is 12.6. The van der Waals surface area contributed by atoms with Gasteiger partial charge in [0, 0.05) is 15.6 Å². The Kier molecular flexibility index (Phi) is 9.90. The van der Waals surface area contributed by atoms with Crippen LogP contribution < -0.4 is 0 Å². The Morgan fingerprint density at radius 1 is 0.846 bits per heavy atom. The van der Waals surface area contributed by atoms with E-state index in [4.69, 9.17) is 14.2 Å². The lowest BCUT2D eigenvalue weighted by atomic mass is 9.88. The maximum atomic E-state index is 5.46. The van der Waals surface area contributed by atoms with Crippen molar-refractivity contribution in [3.63, 3.8) is 0 Å². The molecule has 7 unspecified atom stereocenters. The van der Waals surface area contributed by atoms with E-state index in [0.717, 1.165) is 43.5 Å². The van der Waals surface area contributed by atoms with Crippen molar-refractivity contribution in [2.45, 2.75) is 84.0 Å². The van der Waals surface area contributed by atoms with Crippen LogP contribution in [0.2, 0.25) is 0 Å². The number of hydrogen-bond donors (Lipinski definition) is 0. The Labute approximate surface area is 162 Å². The van der Waals surface area contributed by atoms with Gasteiger partial charge >= 0.3 is 0 Å². The average molecular weight is 373 g/mol. The van der Waals surface area contributed by atoms with Crippen LogP contribution in [0.25, 0.3) is 0 Å². The van der Waals surface area contributed by atoms with E-state index in [-0.39, 0.29) is 1.43 Å². The van der Waals surface area contributed by atoms with Crippen LogP contribution in [0.15, 0.2) is 0 Å². The highest BCUT2D eigenvalue weighted by atomic mass is 16.6. The fourth-order valence-electron chi connectivity index (χ4n) is 4.66. The van der Waals surface area contributed by atoms with E-state index in [1.165, 1.54) is 44.9 Å². The van der Waals surface area contributed by atoms with Crippen LogP contribution in [0, 0.1) is 23.7 Å². The molecule has 4 nitrogen and oxygen atoms in total. The second kappa shape index (κ2) is 11.6. The van der Waals surface area contributed by atoms with Crippen molar-refractivity contribution in [1.82, 2.24) is 0 Å². The van der Waals surface area contributed by atoms with Gasteiger partial charge in [-0.2, -0.15) is 0 Å². The molecular weight excluding hydrogens is 328 g/mol. The Bertz CT molecular complexity index is 371. The van der Waals surface area contributed by atoms with E-state index >= 15 is 0 Å². The number of methoxy groups -OCH3 is 2. The van der Waals surface area contributed by atoms with Crippen molar-refractivity contribution >= 4 is 0 Å². The van der Waals surface area contributed by atoms with Gasteiger partial charge in [-0.1, -0.05) is 26.7 Å². The van der Waals surface area contributed by atoms with E-state index in [1.807, 2.05) is 14.2 Å². The van der Waals surface area contributed by atoms with Gasteiger partial charge in [-0.25, -0.2) is 0 Å². The third-order valence-corrected chi connectivity index (χ3v) is 6.55. The lowest BCUT2D eigenvalue weighted by Crippen LogP contribution is -2.26. The van der Waals surface area contributed by atoms with Gasteiger partial charge in [-0.3, -0.25) is 0 Å². The molecular formula is C22H44O4. The molecule has 5 aliphatic rings. The SMILES string of the molecule is C1CO1.CC1CO1.COC1C2CCC(C2)C1C.COC1CCCCC1C.[HH]. The topological polar surface area (TPSA) is 43.5 Å². The van der Waals surface area contributed by atoms with Gasteiger partial charge in [-0.15, -0.1) is 0 Å². The molecule has 3 saturated carbocycles. The first-order valence-corrected chi connectivity index (χ1v) is 10.8. The summed E-state index contributed by atoms with van der Waals surface area (Å²) in [6.07, 6.45) is 11.5. The molecule has 0 aromatic carbocycles. The van der Waals surface area contributed by atoms with Crippen LogP contribution in [0.4, 0.5) is 0 Å². The summed E-state index contributed by atoms with van der Waals surface area (Å²) in [5, 5.41) is 0. The second-order valence-electron chi connectivity index (χ2n) is 8.68. The molecule has 2 bridgehead atoms. The molecule has 0 amide bonds. The Morgan fingerprint density at radius 2 is 1.42 bits per heavy atom. The summed E-state index contributed by atoms with van der Waals surface area (Å²) in [6.45, 7) is 9.67. The Balaban J connectivity index is 0.000000195. The predicted molar refractivity (Wildman–Crippen MR) is 108 cm³/mol. The molecule has 7 atom stereocenters. The predicted octanol–water partition coefficient (Wildman–Crippen LogP) is 4.95. The van der Waals surface area contributed by atoms with E-state index in [1.54, 1.807) is 0 Å². The number of hydrogen-bond acceptors (Lipinski definition) is 4. The zero-order chi connectivity index (χ0) is 18.9. The van der Waals surface area contributed by atoms with Gasteiger partial charge in [0.2, 0.25) is 0 Å². The van der Waals surface area contributed by atoms with Gasteiger partial charge in [0.15, 0.2) is 0 Å². The van der Waals surface area contributed by atoms with Crippen LogP contribution in [0.3, 0.4) is 0 Å². The molecule has 2 aliphatic heterocycles. The van der Waals surface area contributed by atoms with E-state index in [0.29, 0.717) is 18.3 Å².